The minimum Gasteiger partial charge on any atom is -0.458 e. The topological polar surface area (TPSA) is 24.9 Å². The fourth-order valence-corrected chi connectivity index (χ4v) is 12.6. The molecule has 0 atom stereocenters. The lowest BCUT2D eigenvalue weighted by molar-refractivity contribution is 0.479. The second-order valence-corrected chi connectivity index (χ2v) is 27.3. The third-order valence-electron chi connectivity index (χ3n) is 16.9. The molecule has 0 unspecified atom stereocenters. The standard InChI is InChI=1S/C68H78B2N2O2/c1-37(2)43-25-39(5)63(40(6)26-43)71-53-35-52-54(36-51(53)69-49-23-21-45(65(9,10)11)31-57(49)73-59-33-47(67(15,16)17)29-55(71)61(59)69)72(64-41(7)27-44(38(3)4)28-42(64)8)56-30-48(68(18,19)20)34-60-62(56)70(52)50-24-22-46(66(12,13)14)32-58(50)74-60/h21-38H,1-20H3. The maximum Gasteiger partial charge on any atom is 0.256 e. The van der Waals surface area contributed by atoms with E-state index in [1.165, 1.54) is 123 Å². The summed E-state index contributed by atoms with van der Waals surface area (Å²) in [6.07, 6.45) is 0. The minimum absolute atomic E-state index is 0.0538. The Morgan fingerprint density at radius 1 is 0.351 bits per heavy atom. The molecule has 6 heteroatoms. The number of hydrogen-bond acceptors (Lipinski definition) is 4. The monoisotopic (exact) mass is 977 g/mol. The molecular weight excluding hydrogens is 898 g/mol. The Hall–Kier alpha value is -6.13. The van der Waals surface area contributed by atoms with Crippen molar-refractivity contribution < 1.29 is 9.47 Å². The Morgan fingerprint density at radius 2 is 0.662 bits per heavy atom. The van der Waals surface area contributed by atoms with Crippen LogP contribution in [-0.4, -0.2) is 13.4 Å². The zero-order valence-corrected chi connectivity index (χ0v) is 48.3. The van der Waals surface area contributed by atoms with Gasteiger partial charge in [0.05, 0.1) is 11.4 Å². The first-order valence-corrected chi connectivity index (χ1v) is 27.5. The Labute approximate surface area is 445 Å². The number of anilines is 6. The summed E-state index contributed by atoms with van der Waals surface area (Å²) in [6, 6.07) is 38.8. The summed E-state index contributed by atoms with van der Waals surface area (Å²) in [6.45, 7) is 46.1. The normalized spacial score (nSPS) is 14.6. The van der Waals surface area contributed by atoms with Crippen LogP contribution in [0.25, 0.3) is 0 Å². The smallest absolute Gasteiger partial charge is 0.256 e. The number of ether oxygens (including phenoxy) is 2. The predicted octanol–water partition coefficient (Wildman–Crippen LogP) is 15.2. The lowest BCUT2D eigenvalue weighted by atomic mass is 9.31. The highest BCUT2D eigenvalue weighted by Crippen LogP contribution is 2.50. The maximum absolute atomic E-state index is 7.34. The van der Waals surface area contributed by atoms with E-state index in [4.69, 9.17) is 9.47 Å². The summed E-state index contributed by atoms with van der Waals surface area (Å²) >= 11 is 0. The number of benzene rings is 7. The van der Waals surface area contributed by atoms with Crippen LogP contribution in [0.15, 0.2) is 97.1 Å². The maximum atomic E-state index is 7.34. The largest absolute Gasteiger partial charge is 0.458 e. The average Bonchev–Trinajstić information content (AvgIpc) is 3.29. The first kappa shape index (κ1) is 50.0. The van der Waals surface area contributed by atoms with Crippen molar-refractivity contribution >= 4 is 80.3 Å². The van der Waals surface area contributed by atoms with Gasteiger partial charge in [-0.05, 0) is 198 Å². The molecule has 0 radical (unpaired) electrons. The molecule has 4 aliphatic rings. The molecular formula is C68H78B2N2O2. The van der Waals surface area contributed by atoms with Gasteiger partial charge < -0.3 is 19.3 Å². The SMILES string of the molecule is Cc1cc(C(C)C)cc(C)c1N1c2cc3c(cc2B2c4ccc(C(C)(C)C)cc4Oc4cc(C(C)(C)C)cc1c42)N(c1c(C)cc(C(C)C)cc1C)c1cc(C(C)(C)C)cc2c1B3c1ccc(C(C)(C)C)cc1O2. The van der Waals surface area contributed by atoms with Gasteiger partial charge in [0.2, 0.25) is 0 Å². The number of rotatable bonds is 4. The van der Waals surface area contributed by atoms with Crippen LogP contribution >= 0.6 is 0 Å². The third-order valence-corrected chi connectivity index (χ3v) is 16.9. The molecule has 0 N–H and O–H groups in total. The van der Waals surface area contributed by atoms with E-state index in [9.17, 15) is 0 Å². The van der Waals surface area contributed by atoms with Crippen molar-refractivity contribution in [3.05, 3.63) is 153 Å². The molecule has 0 aliphatic carbocycles. The van der Waals surface area contributed by atoms with E-state index in [2.05, 4.69) is 245 Å². The van der Waals surface area contributed by atoms with E-state index >= 15 is 0 Å². The van der Waals surface area contributed by atoms with Crippen LogP contribution in [0.2, 0.25) is 0 Å². The van der Waals surface area contributed by atoms with Crippen LogP contribution in [-0.2, 0) is 21.7 Å². The zero-order chi connectivity index (χ0) is 53.2. The molecule has 0 fully saturated rings. The van der Waals surface area contributed by atoms with Crippen molar-refractivity contribution in [1.29, 1.82) is 0 Å². The molecule has 378 valence electrons. The summed E-state index contributed by atoms with van der Waals surface area (Å²) in [5, 5.41) is 0. The molecule has 0 saturated carbocycles. The highest BCUT2D eigenvalue weighted by molar-refractivity contribution is 7.01. The molecule has 4 aliphatic heterocycles. The summed E-state index contributed by atoms with van der Waals surface area (Å²) in [5.74, 6) is 4.60. The molecule has 4 nitrogen and oxygen atoms in total. The lowest BCUT2D eigenvalue weighted by Crippen LogP contribution is -2.63. The average molecular weight is 977 g/mol. The van der Waals surface area contributed by atoms with E-state index < -0.39 is 0 Å². The minimum atomic E-state index is -0.142. The van der Waals surface area contributed by atoms with Crippen LogP contribution in [0.4, 0.5) is 34.1 Å². The fraction of sp³-hybridized carbons (Fsp3) is 0.382. The van der Waals surface area contributed by atoms with Crippen LogP contribution in [0.1, 0.15) is 178 Å². The molecule has 0 bridgehead atoms. The van der Waals surface area contributed by atoms with Gasteiger partial charge in [-0.15, -0.1) is 0 Å². The van der Waals surface area contributed by atoms with Crippen molar-refractivity contribution in [2.24, 2.45) is 0 Å². The Bertz CT molecular complexity index is 3240. The van der Waals surface area contributed by atoms with Gasteiger partial charge in [-0.1, -0.05) is 159 Å². The van der Waals surface area contributed by atoms with E-state index in [1.54, 1.807) is 0 Å². The molecule has 0 aromatic heterocycles. The van der Waals surface area contributed by atoms with E-state index in [-0.39, 0.29) is 35.1 Å². The number of hydrogen-bond donors (Lipinski definition) is 0. The van der Waals surface area contributed by atoms with Gasteiger partial charge in [0.1, 0.15) is 23.0 Å². The summed E-state index contributed by atoms with van der Waals surface area (Å²) < 4.78 is 14.7. The molecule has 4 heterocycles. The van der Waals surface area contributed by atoms with Crippen molar-refractivity contribution in [1.82, 2.24) is 0 Å². The van der Waals surface area contributed by atoms with Crippen LogP contribution in [0, 0.1) is 27.7 Å². The third kappa shape index (κ3) is 7.85. The fourth-order valence-electron chi connectivity index (χ4n) is 12.6. The van der Waals surface area contributed by atoms with E-state index in [1.807, 2.05) is 0 Å². The van der Waals surface area contributed by atoms with Crippen molar-refractivity contribution in [3.63, 3.8) is 0 Å². The van der Waals surface area contributed by atoms with E-state index in [0.29, 0.717) is 11.8 Å². The molecule has 0 amide bonds. The molecule has 0 saturated heterocycles. The zero-order valence-electron chi connectivity index (χ0n) is 48.3. The molecule has 7 aromatic rings. The molecule has 74 heavy (non-hydrogen) atoms. The van der Waals surface area contributed by atoms with E-state index in [0.717, 1.165) is 23.0 Å². The van der Waals surface area contributed by atoms with Crippen molar-refractivity contribution in [2.75, 3.05) is 9.80 Å². The van der Waals surface area contributed by atoms with Crippen LogP contribution in [0.3, 0.4) is 0 Å². The predicted molar refractivity (Wildman–Crippen MR) is 320 cm³/mol. The Balaban J connectivity index is 1.32. The van der Waals surface area contributed by atoms with Gasteiger partial charge in [-0.25, -0.2) is 0 Å². The number of aryl methyl sites for hydroxylation is 4. The molecule has 11 rings (SSSR count). The lowest BCUT2D eigenvalue weighted by Gasteiger charge is -2.46. The quantitative estimate of drug-likeness (QED) is 0.164. The Kier molecular flexibility index (Phi) is 11.3. The second kappa shape index (κ2) is 16.7. The number of nitrogens with zero attached hydrogens (tertiary/aromatic N) is 2. The van der Waals surface area contributed by atoms with Crippen LogP contribution in [0.5, 0.6) is 23.0 Å². The van der Waals surface area contributed by atoms with Gasteiger partial charge in [0, 0.05) is 22.7 Å². The van der Waals surface area contributed by atoms with Gasteiger partial charge in [0.15, 0.2) is 0 Å². The Morgan fingerprint density at radius 3 is 0.959 bits per heavy atom. The second-order valence-electron chi connectivity index (χ2n) is 27.3. The summed E-state index contributed by atoms with van der Waals surface area (Å²) in [5.41, 5.74) is 27.2. The highest BCUT2D eigenvalue weighted by Gasteiger charge is 2.49. The summed E-state index contributed by atoms with van der Waals surface area (Å²) in [4.78, 5) is 5.29. The molecule has 7 aromatic carbocycles. The van der Waals surface area contributed by atoms with Gasteiger partial charge >= 0.3 is 0 Å². The molecule has 0 spiro atoms. The van der Waals surface area contributed by atoms with Crippen molar-refractivity contribution in [3.8, 4) is 23.0 Å². The highest BCUT2D eigenvalue weighted by atomic mass is 16.5. The first-order chi connectivity index (χ1) is 34.5. The van der Waals surface area contributed by atoms with Gasteiger partial charge in [-0.2, -0.15) is 0 Å². The van der Waals surface area contributed by atoms with Crippen molar-refractivity contribution in [2.45, 2.75) is 172 Å². The first-order valence-electron chi connectivity index (χ1n) is 27.5. The number of fused-ring (bicyclic) bond motifs is 8. The van der Waals surface area contributed by atoms with Gasteiger partial charge in [-0.3, -0.25) is 0 Å². The van der Waals surface area contributed by atoms with Crippen LogP contribution < -0.4 is 52.1 Å². The van der Waals surface area contributed by atoms with Gasteiger partial charge in [0.25, 0.3) is 13.4 Å². The summed E-state index contributed by atoms with van der Waals surface area (Å²) in [7, 11) is 0.